The molecule has 0 aromatic heterocycles. The van der Waals surface area contributed by atoms with Crippen LogP contribution in [0.2, 0.25) is 0 Å². The van der Waals surface area contributed by atoms with Crippen LogP contribution in [-0.2, 0) is 33.5 Å². The van der Waals surface area contributed by atoms with Gasteiger partial charge in [-0.25, -0.2) is 4.79 Å². The molecule has 1 saturated carbocycles. The van der Waals surface area contributed by atoms with Crippen molar-refractivity contribution in [1.82, 2.24) is 31.1 Å². The number of carbonyl (C=O) groups excluding carboxylic acids is 7. The van der Waals surface area contributed by atoms with E-state index in [0.717, 1.165) is 25.7 Å². The SMILES string of the molecule is CCCC(NC(=O)[C@@H]1CC(C)(C)CN1C(=O)[C@@H](NC(=O)OCC(C)C)C1CCC(C)(C)CC1)C(=O)C(=O)NCC(=O)NC(C(=O)N(C)C)c1ccccc1. The molecule has 2 unspecified atom stereocenters. The van der Waals surface area contributed by atoms with Crippen molar-refractivity contribution in [2.45, 2.75) is 118 Å². The second-order valence-electron chi connectivity index (χ2n) is 17.0. The fraction of sp³-hybridized carbons (Fsp3) is 0.675. The monoisotopic (exact) mass is 754 g/mol. The van der Waals surface area contributed by atoms with Crippen LogP contribution in [0.25, 0.3) is 0 Å². The van der Waals surface area contributed by atoms with Gasteiger partial charge in [-0.3, -0.25) is 28.8 Å². The average Bonchev–Trinajstić information content (AvgIpc) is 3.45. The Morgan fingerprint density at radius 3 is 2.11 bits per heavy atom. The summed E-state index contributed by atoms with van der Waals surface area (Å²) in [6.45, 7) is 13.8. The number of hydrogen-bond acceptors (Lipinski definition) is 8. The molecule has 1 aromatic carbocycles. The molecule has 2 aliphatic rings. The minimum absolute atomic E-state index is 0.108. The van der Waals surface area contributed by atoms with E-state index in [1.807, 2.05) is 27.7 Å². The van der Waals surface area contributed by atoms with E-state index in [1.54, 1.807) is 51.4 Å². The van der Waals surface area contributed by atoms with E-state index in [1.165, 1.54) is 9.80 Å². The van der Waals surface area contributed by atoms with Crippen LogP contribution in [0.3, 0.4) is 0 Å². The first kappa shape index (κ1) is 43.9. The number of carbonyl (C=O) groups is 7. The summed E-state index contributed by atoms with van der Waals surface area (Å²) in [6.07, 6.45) is 3.43. The maximum atomic E-state index is 14.4. The van der Waals surface area contributed by atoms with Gasteiger partial charge in [-0.2, -0.15) is 0 Å². The molecule has 1 saturated heterocycles. The molecule has 1 aliphatic heterocycles. The lowest BCUT2D eigenvalue weighted by Crippen LogP contribution is -2.58. The molecular weight excluding hydrogens is 692 g/mol. The Hall–Kier alpha value is -4.49. The van der Waals surface area contributed by atoms with Crippen LogP contribution >= 0.6 is 0 Å². The van der Waals surface area contributed by atoms with E-state index < -0.39 is 65.7 Å². The quantitative estimate of drug-likeness (QED) is 0.185. The highest BCUT2D eigenvalue weighted by Gasteiger charge is 2.48. The zero-order valence-electron chi connectivity index (χ0n) is 33.6. The highest BCUT2D eigenvalue weighted by molar-refractivity contribution is 6.38. The van der Waals surface area contributed by atoms with Crippen LogP contribution < -0.4 is 21.3 Å². The number of ketones is 1. The second-order valence-corrected chi connectivity index (χ2v) is 17.0. The largest absolute Gasteiger partial charge is 0.449 e. The van der Waals surface area contributed by atoms with Crippen molar-refractivity contribution in [3.05, 3.63) is 35.9 Å². The number of alkyl carbamates (subject to hydrolysis) is 1. The van der Waals surface area contributed by atoms with E-state index in [0.29, 0.717) is 18.4 Å². The van der Waals surface area contributed by atoms with Gasteiger partial charge in [0.25, 0.3) is 5.91 Å². The summed E-state index contributed by atoms with van der Waals surface area (Å²) in [4.78, 5) is 96.3. The summed E-state index contributed by atoms with van der Waals surface area (Å²) >= 11 is 0. The fourth-order valence-corrected chi connectivity index (χ4v) is 7.10. The Balaban J connectivity index is 1.73. The van der Waals surface area contributed by atoms with Crippen LogP contribution in [0.4, 0.5) is 4.79 Å². The predicted octanol–water partition coefficient (Wildman–Crippen LogP) is 3.50. The molecule has 4 atom stereocenters. The van der Waals surface area contributed by atoms with E-state index in [-0.39, 0.29) is 48.6 Å². The Bertz CT molecular complexity index is 1500. The summed E-state index contributed by atoms with van der Waals surface area (Å²) in [7, 11) is 3.12. The first-order valence-electron chi connectivity index (χ1n) is 19.2. The molecular formula is C40H62N6O8. The summed E-state index contributed by atoms with van der Waals surface area (Å²) in [6, 6.07) is 4.59. The third-order valence-corrected chi connectivity index (χ3v) is 10.2. The van der Waals surface area contributed by atoms with Gasteiger partial charge >= 0.3 is 6.09 Å². The molecule has 1 heterocycles. The van der Waals surface area contributed by atoms with Crippen LogP contribution in [0, 0.1) is 22.7 Å². The second kappa shape index (κ2) is 19.2. The van der Waals surface area contributed by atoms with Crippen molar-refractivity contribution < 1.29 is 38.3 Å². The summed E-state index contributed by atoms with van der Waals surface area (Å²) in [5, 5.41) is 10.5. The van der Waals surface area contributed by atoms with Crippen molar-refractivity contribution in [1.29, 1.82) is 0 Å². The van der Waals surface area contributed by atoms with Crippen LogP contribution in [0.1, 0.15) is 105 Å². The first-order valence-corrected chi connectivity index (χ1v) is 19.2. The molecule has 0 radical (unpaired) electrons. The third kappa shape index (κ3) is 12.5. The van der Waals surface area contributed by atoms with Gasteiger partial charge in [-0.15, -0.1) is 0 Å². The van der Waals surface area contributed by atoms with Crippen molar-refractivity contribution in [3.8, 4) is 0 Å². The molecule has 0 bridgehead atoms. The standard InChI is InChI=1S/C40H62N6O8/c1-10-14-28(33(48)35(50)41-22-30(47)43-31(36(51)45(8)9)26-15-12-11-13-16-26)42-34(49)29-21-40(6,7)24-46(29)37(52)32(44-38(53)54-23-25(2)3)27-17-19-39(4,5)20-18-27/h11-13,15-16,25,27-29,31-32H,10,14,17-24H2,1-9H3,(H,41,50)(H,42,49)(H,43,47)(H,44,53)/t28?,29-,31?,32-/m0/s1. The number of rotatable bonds is 16. The summed E-state index contributed by atoms with van der Waals surface area (Å²) in [5.74, 6) is -4.06. The number of Topliss-reactive ketones (excluding diaryl/α,β-unsaturated/α-hetero) is 1. The summed E-state index contributed by atoms with van der Waals surface area (Å²) < 4.78 is 5.40. The zero-order valence-corrected chi connectivity index (χ0v) is 33.6. The van der Waals surface area contributed by atoms with E-state index in [9.17, 15) is 33.6 Å². The smallest absolute Gasteiger partial charge is 0.407 e. The Morgan fingerprint density at radius 2 is 1.54 bits per heavy atom. The third-order valence-electron chi connectivity index (χ3n) is 10.2. The van der Waals surface area contributed by atoms with Gasteiger partial charge in [0.2, 0.25) is 29.4 Å². The number of nitrogens with zero attached hydrogens (tertiary/aromatic N) is 2. The minimum Gasteiger partial charge on any atom is -0.449 e. The molecule has 14 heteroatoms. The minimum atomic E-state index is -1.21. The molecule has 300 valence electrons. The number of hydrogen-bond donors (Lipinski definition) is 4. The first-order chi connectivity index (χ1) is 25.2. The van der Waals surface area contributed by atoms with Gasteiger partial charge in [0, 0.05) is 20.6 Å². The number of likely N-dealkylation sites (tertiary alicyclic amines) is 1. The number of benzene rings is 1. The Morgan fingerprint density at radius 1 is 0.907 bits per heavy atom. The molecule has 0 spiro atoms. The van der Waals surface area contributed by atoms with Gasteiger partial charge in [-0.1, -0.05) is 85.2 Å². The Kier molecular flexibility index (Phi) is 15.6. The maximum absolute atomic E-state index is 14.4. The maximum Gasteiger partial charge on any atom is 0.407 e. The van der Waals surface area contributed by atoms with Gasteiger partial charge in [0.15, 0.2) is 0 Å². The molecule has 4 N–H and O–H groups in total. The normalized spacial score (nSPS) is 19.5. The summed E-state index contributed by atoms with van der Waals surface area (Å²) in [5.41, 5.74) is 0.221. The van der Waals surface area contributed by atoms with Crippen molar-refractivity contribution in [2.24, 2.45) is 22.7 Å². The number of likely N-dealkylation sites (N-methyl/N-ethyl adjacent to an activating group) is 1. The Labute approximate surface area is 320 Å². The van der Waals surface area contributed by atoms with E-state index >= 15 is 0 Å². The lowest BCUT2D eigenvalue weighted by Gasteiger charge is -2.39. The van der Waals surface area contributed by atoms with E-state index in [4.69, 9.17) is 4.74 Å². The van der Waals surface area contributed by atoms with Gasteiger partial charge in [0.05, 0.1) is 19.2 Å². The van der Waals surface area contributed by atoms with Gasteiger partial charge < -0.3 is 35.8 Å². The highest BCUT2D eigenvalue weighted by Crippen LogP contribution is 2.41. The highest BCUT2D eigenvalue weighted by atomic mass is 16.5. The molecule has 1 aromatic rings. The van der Waals surface area contributed by atoms with Crippen LogP contribution in [0.5, 0.6) is 0 Å². The predicted molar refractivity (Wildman–Crippen MR) is 204 cm³/mol. The van der Waals surface area contributed by atoms with Crippen molar-refractivity contribution in [2.75, 3.05) is 33.8 Å². The van der Waals surface area contributed by atoms with Crippen molar-refractivity contribution in [3.63, 3.8) is 0 Å². The van der Waals surface area contributed by atoms with Crippen LogP contribution in [0.15, 0.2) is 30.3 Å². The van der Waals surface area contributed by atoms with Crippen LogP contribution in [-0.4, -0.2) is 103 Å². The molecule has 3 rings (SSSR count). The lowest BCUT2D eigenvalue weighted by molar-refractivity contribution is -0.143. The van der Waals surface area contributed by atoms with E-state index in [2.05, 4.69) is 35.1 Å². The number of ether oxygens (including phenoxy) is 1. The van der Waals surface area contributed by atoms with Crippen molar-refractivity contribution >= 4 is 41.4 Å². The zero-order chi connectivity index (χ0) is 40.4. The molecule has 14 nitrogen and oxygen atoms in total. The molecule has 1 aliphatic carbocycles. The average molecular weight is 755 g/mol. The molecule has 2 fully saturated rings. The lowest BCUT2D eigenvalue weighted by atomic mass is 9.71. The fourth-order valence-electron chi connectivity index (χ4n) is 7.10. The van der Waals surface area contributed by atoms with Gasteiger partial charge in [-0.05, 0) is 66.8 Å². The number of nitrogens with one attached hydrogen (secondary N) is 4. The number of amides is 6. The topological polar surface area (TPSA) is 183 Å². The molecule has 6 amide bonds. The van der Waals surface area contributed by atoms with Gasteiger partial charge in [0.1, 0.15) is 18.1 Å². The molecule has 54 heavy (non-hydrogen) atoms.